The van der Waals surface area contributed by atoms with Crippen molar-refractivity contribution in [3.63, 3.8) is 0 Å². The molecule has 3 atom stereocenters. The summed E-state index contributed by atoms with van der Waals surface area (Å²) in [5.41, 5.74) is 1.75. The van der Waals surface area contributed by atoms with Gasteiger partial charge >= 0.3 is 6.03 Å². The van der Waals surface area contributed by atoms with Crippen LogP contribution in [0.3, 0.4) is 0 Å². The summed E-state index contributed by atoms with van der Waals surface area (Å²) in [6, 6.07) is 10.3. The number of fused-ring (bicyclic) bond motifs is 1. The first-order valence-corrected chi connectivity index (χ1v) is 18.4. The van der Waals surface area contributed by atoms with Crippen LogP contribution in [0.5, 0.6) is 5.75 Å². The lowest BCUT2D eigenvalue weighted by molar-refractivity contribution is -0.135. The summed E-state index contributed by atoms with van der Waals surface area (Å²) in [4.78, 5) is 66.5. The van der Waals surface area contributed by atoms with Crippen LogP contribution in [0.1, 0.15) is 65.4 Å². The highest BCUT2D eigenvalue weighted by Crippen LogP contribution is 2.21. The van der Waals surface area contributed by atoms with Crippen molar-refractivity contribution in [1.29, 1.82) is 0 Å². The molecule has 0 bridgehead atoms. The van der Waals surface area contributed by atoms with E-state index in [9.17, 15) is 23.6 Å². The number of hydrogen-bond donors (Lipinski definition) is 4. The van der Waals surface area contributed by atoms with Gasteiger partial charge in [0, 0.05) is 43.2 Å². The van der Waals surface area contributed by atoms with E-state index in [2.05, 4.69) is 25.9 Å². The van der Waals surface area contributed by atoms with Crippen LogP contribution in [-0.2, 0) is 20.8 Å². The molecular formula is C39H52FN7O5. The van der Waals surface area contributed by atoms with Crippen molar-refractivity contribution in [2.45, 2.75) is 84.3 Å². The van der Waals surface area contributed by atoms with Crippen LogP contribution < -0.4 is 20.7 Å². The highest BCUT2D eigenvalue weighted by molar-refractivity contribution is 6.04. The number of carbonyl (C=O) groups is 4. The zero-order valence-corrected chi connectivity index (χ0v) is 30.6. The van der Waals surface area contributed by atoms with Gasteiger partial charge in [0.1, 0.15) is 42.1 Å². The quantitative estimate of drug-likeness (QED) is 0.179. The van der Waals surface area contributed by atoms with Crippen molar-refractivity contribution in [2.75, 3.05) is 32.8 Å². The van der Waals surface area contributed by atoms with Crippen LogP contribution in [0.15, 0.2) is 59.7 Å². The summed E-state index contributed by atoms with van der Waals surface area (Å²) in [5.74, 6) is -0.704. The number of amidine groups is 1. The second-order valence-electron chi connectivity index (χ2n) is 14.5. The van der Waals surface area contributed by atoms with Crippen molar-refractivity contribution < 1.29 is 28.3 Å². The van der Waals surface area contributed by atoms with Gasteiger partial charge in [0.05, 0.1) is 6.54 Å². The molecule has 1 saturated heterocycles. The predicted molar refractivity (Wildman–Crippen MR) is 198 cm³/mol. The van der Waals surface area contributed by atoms with Gasteiger partial charge < -0.3 is 30.6 Å². The Hall–Kier alpha value is -4.94. The molecule has 0 unspecified atom stereocenters. The minimum atomic E-state index is -1.00. The number of urea groups is 1. The molecule has 0 spiro atoms. The fourth-order valence-electron chi connectivity index (χ4n) is 6.73. The van der Waals surface area contributed by atoms with Gasteiger partial charge in [-0.25, -0.2) is 9.18 Å². The molecule has 5 amide bonds. The number of aliphatic imine (C=N–C) groups is 1. The second-order valence-corrected chi connectivity index (χ2v) is 14.5. The molecule has 2 aromatic carbocycles. The molecule has 3 heterocycles. The lowest BCUT2D eigenvalue weighted by Gasteiger charge is -2.31. The summed E-state index contributed by atoms with van der Waals surface area (Å²) in [5, 5.41) is 9.77. The number of amides is 5. The van der Waals surface area contributed by atoms with Crippen molar-refractivity contribution in [1.82, 2.24) is 30.7 Å². The van der Waals surface area contributed by atoms with Gasteiger partial charge in [-0.05, 0) is 79.8 Å². The Morgan fingerprint density at radius 2 is 1.46 bits per heavy atom. The molecule has 4 N–H and O–H groups in total. The Morgan fingerprint density at radius 1 is 0.827 bits per heavy atom. The summed E-state index contributed by atoms with van der Waals surface area (Å²) in [6.07, 6.45) is 5.67. The molecule has 0 saturated carbocycles. The van der Waals surface area contributed by atoms with Crippen molar-refractivity contribution in [3.8, 4) is 5.75 Å². The molecule has 0 aliphatic carbocycles. The minimum Gasteiger partial charge on any atom is -0.486 e. The average molecular weight is 718 g/mol. The van der Waals surface area contributed by atoms with E-state index in [4.69, 9.17) is 4.74 Å². The topological polar surface area (TPSA) is 148 Å². The second kappa shape index (κ2) is 18.0. The van der Waals surface area contributed by atoms with Crippen molar-refractivity contribution >= 4 is 40.5 Å². The van der Waals surface area contributed by atoms with E-state index in [-0.39, 0.29) is 42.6 Å². The third-order valence-corrected chi connectivity index (χ3v) is 9.40. The van der Waals surface area contributed by atoms with E-state index >= 15 is 0 Å². The molecule has 0 radical (unpaired) electrons. The molecular weight excluding hydrogens is 665 g/mol. The fraction of sp³-hybridized carbons (Fsp3) is 0.513. The first-order valence-electron chi connectivity index (χ1n) is 18.4. The zero-order valence-electron chi connectivity index (χ0n) is 30.6. The van der Waals surface area contributed by atoms with Crippen molar-refractivity contribution in [3.05, 3.63) is 66.1 Å². The number of aromatic nitrogens is 1. The lowest BCUT2D eigenvalue weighted by atomic mass is 9.99. The predicted octanol–water partition coefficient (Wildman–Crippen LogP) is 4.80. The van der Waals surface area contributed by atoms with Crippen molar-refractivity contribution in [2.24, 2.45) is 16.8 Å². The maximum Gasteiger partial charge on any atom is 0.318 e. The Bertz CT molecular complexity index is 1720. The Kier molecular flexibility index (Phi) is 13.3. The number of aromatic amines is 1. The van der Waals surface area contributed by atoms with E-state index in [1.807, 2.05) is 58.2 Å². The van der Waals surface area contributed by atoms with Crippen LogP contribution >= 0.6 is 0 Å². The van der Waals surface area contributed by atoms with E-state index in [1.165, 1.54) is 29.2 Å². The number of nitrogens with zero attached hydrogens (tertiary/aromatic N) is 3. The molecule has 280 valence electrons. The molecule has 3 aromatic rings. The molecule has 12 nitrogen and oxygen atoms in total. The maximum atomic E-state index is 14.4. The Morgan fingerprint density at radius 3 is 2.13 bits per heavy atom. The normalized spacial score (nSPS) is 16.4. The number of nitrogens with one attached hydrogen (secondary N) is 4. The van der Waals surface area contributed by atoms with Gasteiger partial charge in [-0.2, -0.15) is 0 Å². The third kappa shape index (κ3) is 10.3. The first kappa shape index (κ1) is 38.3. The number of carbonyl (C=O) groups excluding carboxylic acids is 4. The standard InChI is InChI=1S/C39H52FN7O5/c1-25(2)20-32(43-37(49)33(21-26(3)4)45-39(51)46-17-8-5-9-18-46)36(48)44-34(22-27-23-42-31-11-7-6-10-30(27)31)38(50)47-19-16-41-35(47)24-52-29-14-12-28(40)13-15-29/h6-7,10-15,23,25-26,32-34,42H,5,8-9,16-22,24H2,1-4H3,(H,43,49)(H,44,48)(H,45,51)/t32-,33-,34-/m0/s1. The number of benzene rings is 2. The molecule has 1 fully saturated rings. The minimum absolute atomic E-state index is 0.0163. The largest absolute Gasteiger partial charge is 0.486 e. The van der Waals surface area contributed by atoms with E-state index in [1.54, 1.807) is 4.90 Å². The number of piperidine rings is 1. The van der Waals surface area contributed by atoms with E-state index < -0.39 is 29.9 Å². The van der Waals surface area contributed by atoms with Gasteiger partial charge in [0.25, 0.3) is 5.91 Å². The summed E-state index contributed by atoms with van der Waals surface area (Å²) >= 11 is 0. The van der Waals surface area contributed by atoms with Crippen LogP contribution in [0.4, 0.5) is 9.18 Å². The average Bonchev–Trinajstić information content (AvgIpc) is 3.77. The molecule has 5 rings (SSSR count). The number of ether oxygens (including phenoxy) is 1. The van der Waals surface area contributed by atoms with E-state index in [0.29, 0.717) is 50.6 Å². The smallest absolute Gasteiger partial charge is 0.318 e. The molecule has 2 aliphatic rings. The summed E-state index contributed by atoms with van der Waals surface area (Å²) < 4.78 is 19.3. The fourth-order valence-corrected chi connectivity index (χ4v) is 6.73. The number of H-pyrrole nitrogens is 1. The summed E-state index contributed by atoms with van der Waals surface area (Å²) in [7, 11) is 0. The van der Waals surface area contributed by atoms with Gasteiger partial charge in [-0.3, -0.25) is 24.3 Å². The number of likely N-dealkylation sites (tertiary alicyclic amines) is 1. The van der Waals surface area contributed by atoms with Gasteiger partial charge in [0.2, 0.25) is 11.8 Å². The molecule has 2 aliphatic heterocycles. The third-order valence-electron chi connectivity index (χ3n) is 9.40. The molecule has 52 heavy (non-hydrogen) atoms. The highest BCUT2D eigenvalue weighted by atomic mass is 19.1. The SMILES string of the molecule is CC(C)C[C@H](NC(=O)[C@H](CC(C)C)NC(=O)N1CCCCC1)C(=O)N[C@@H](Cc1c[nH]c2ccccc12)C(=O)N1CCN=C1COc1ccc(F)cc1. The van der Waals surface area contributed by atoms with Crippen LogP contribution in [0, 0.1) is 17.7 Å². The lowest BCUT2D eigenvalue weighted by Crippen LogP contribution is -2.59. The van der Waals surface area contributed by atoms with Gasteiger partial charge in [0.15, 0.2) is 0 Å². The van der Waals surface area contributed by atoms with Crippen LogP contribution in [0.2, 0.25) is 0 Å². The monoisotopic (exact) mass is 717 g/mol. The van der Waals surface area contributed by atoms with Crippen LogP contribution in [-0.4, -0.2) is 95.3 Å². The summed E-state index contributed by atoms with van der Waals surface area (Å²) in [6.45, 7) is 9.83. The van der Waals surface area contributed by atoms with E-state index in [0.717, 1.165) is 35.7 Å². The molecule has 13 heteroatoms. The van der Waals surface area contributed by atoms with Gasteiger partial charge in [-0.1, -0.05) is 45.9 Å². The first-order chi connectivity index (χ1) is 25.0. The number of halogens is 1. The number of para-hydroxylation sites is 1. The van der Waals surface area contributed by atoms with Gasteiger partial charge in [-0.15, -0.1) is 0 Å². The number of hydrogen-bond acceptors (Lipinski definition) is 6. The van der Waals surface area contributed by atoms with Crippen LogP contribution in [0.25, 0.3) is 10.9 Å². The molecule has 1 aromatic heterocycles. The Balaban J connectivity index is 1.34. The maximum absolute atomic E-state index is 14.4. The number of rotatable bonds is 15. The highest BCUT2D eigenvalue weighted by Gasteiger charge is 2.35. The zero-order chi connectivity index (χ0) is 37.2. The Labute approximate surface area is 304 Å².